The molecule has 6 aromatic rings. The van der Waals surface area contributed by atoms with Crippen LogP contribution < -0.4 is 25.2 Å². The Morgan fingerprint density at radius 3 is 2.43 bits per heavy atom. The minimum absolute atomic E-state index is 0.170. The van der Waals surface area contributed by atoms with E-state index in [2.05, 4.69) is 28.4 Å². The molecule has 0 radical (unpaired) electrons. The fraction of sp³-hybridized carbons (Fsp3) is 0.306. The molecule has 0 atom stereocenters. The van der Waals surface area contributed by atoms with E-state index < -0.39 is 5.82 Å². The normalized spacial score (nSPS) is 13.6. The summed E-state index contributed by atoms with van der Waals surface area (Å²) in [6.07, 6.45) is 0. The van der Waals surface area contributed by atoms with Crippen molar-refractivity contribution < 1.29 is 13.9 Å². The molecule has 0 amide bonds. The van der Waals surface area contributed by atoms with Crippen molar-refractivity contribution >= 4 is 38.4 Å². The number of pyridine rings is 2. The van der Waals surface area contributed by atoms with Gasteiger partial charge in [-0.05, 0) is 62.7 Å². The summed E-state index contributed by atoms with van der Waals surface area (Å²) in [5, 5.41) is 11.3. The summed E-state index contributed by atoms with van der Waals surface area (Å²) in [6, 6.07) is 18.7. The number of fused-ring (bicyclic) bond motifs is 5. The van der Waals surface area contributed by atoms with Gasteiger partial charge in [0.05, 0.1) is 47.9 Å². The smallest absolute Gasteiger partial charge is 0.261 e. The molecule has 3 aromatic heterocycles. The van der Waals surface area contributed by atoms with Crippen molar-refractivity contribution in [2.24, 2.45) is 0 Å². The Morgan fingerprint density at radius 2 is 1.72 bits per heavy atom. The van der Waals surface area contributed by atoms with Crippen molar-refractivity contribution in [3.63, 3.8) is 0 Å². The quantitative estimate of drug-likeness (QED) is 0.212. The Labute approximate surface area is 266 Å². The van der Waals surface area contributed by atoms with Gasteiger partial charge in [-0.1, -0.05) is 18.2 Å². The maximum absolute atomic E-state index is 15.1. The number of nitrogens with one attached hydrogen (secondary N) is 1. The number of halogens is 1. The molecule has 10 heteroatoms. The van der Waals surface area contributed by atoms with Gasteiger partial charge in [-0.15, -0.1) is 0 Å². The van der Waals surface area contributed by atoms with Crippen molar-refractivity contribution in [3.05, 3.63) is 88.1 Å². The van der Waals surface area contributed by atoms with Crippen LogP contribution in [-0.2, 0) is 13.1 Å². The highest BCUT2D eigenvalue weighted by atomic mass is 19.1. The average Bonchev–Trinajstić information content (AvgIpc) is 3.39. The van der Waals surface area contributed by atoms with Gasteiger partial charge < -0.3 is 24.3 Å². The summed E-state index contributed by atoms with van der Waals surface area (Å²) in [5.74, 6) is 0.690. The number of hydrogen-bond acceptors (Lipinski definition) is 7. The van der Waals surface area contributed by atoms with Crippen LogP contribution in [0, 0.1) is 12.7 Å². The zero-order valence-electron chi connectivity index (χ0n) is 26.6. The molecule has 46 heavy (non-hydrogen) atoms. The van der Waals surface area contributed by atoms with E-state index in [0.717, 1.165) is 70.5 Å². The fourth-order valence-electron chi connectivity index (χ4n) is 6.66. The van der Waals surface area contributed by atoms with E-state index in [4.69, 9.17) is 19.6 Å². The molecule has 0 spiro atoms. The topological polar surface area (TPSA) is 86.4 Å². The van der Waals surface area contributed by atoms with E-state index in [-0.39, 0.29) is 5.56 Å². The summed E-state index contributed by atoms with van der Waals surface area (Å²) >= 11 is 0. The van der Waals surface area contributed by atoms with Crippen LogP contribution in [-0.4, -0.2) is 59.2 Å². The van der Waals surface area contributed by atoms with Gasteiger partial charge in [0.1, 0.15) is 17.3 Å². The first-order chi connectivity index (χ1) is 22.4. The molecular formula is C36H37FN6O3. The molecule has 1 fully saturated rings. The molecule has 1 aliphatic heterocycles. The number of ether oxygens (including phenoxy) is 2. The van der Waals surface area contributed by atoms with Gasteiger partial charge >= 0.3 is 0 Å². The molecule has 0 saturated carbocycles. The molecule has 0 aliphatic carbocycles. The lowest BCUT2D eigenvalue weighted by Crippen LogP contribution is -2.43. The molecule has 4 heterocycles. The highest BCUT2D eigenvalue weighted by Gasteiger charge is 2.24. The predicted octanol–water partition coefficient (Wildman–Crippen LogP) is 5.90. The number of anilines is 1. The Hall–Kier alpha value is -4.96. The number of piperazine rings is 1. The van der Waals surface area contributed by atoms with Crippen molar-refractivity contribution in [1.82, 2.24) is 24.6 Å². The van der Waals surface area contributed by atoms with Crippen molar-refractivity contribution in [1.29, 1.82) is 0 Å². The second-order valence-corrected chi connectivity index (χ2v) is 11.6. The zero-order chi connectivity index (χ0) is 31.9. The summed E-state index contributed by atoms with van der Waals surface area (Å²) in [4.78, 5) is 22.1. The second kappa shape index (κ2) is 12.1. The van der Waals surface area contributed by atoms with Gasteiger partial charge in [0.2, 0.25) is 0 Å². The summed E-state index contributed by atoms with van der Waals surface area (Å²) in [7, 11) is 1.64. The standard InChI is InChI=1S/C36H37FN6O3/c1-5-42-30-20-26(41-15-13-38-14-16-41)9-12-29(30)32-31-22(3)40-43(21-23-7-10-27(45-4)11-8-23)35(31)39-34(33(32)36(42)44)24-17-25(37)19-28(18-24)46-6-2/h7-12,17-20,38H,5-6,13-16,21H2,1-4H3. The van der Waals surface area contributed by atoms with Gasteiger partial charge in [0.15, 0.2) is 5.65 Å². The molecule has 7 rings (SSSR count). The van der Waals surface area contributed by atoms with E-state index in [9.17, 15) is 4.79 Å². The number of rotatable bonds is 8. The number of aromatic nitrogens is 4. The molecule has 0 bridgehead atoms. The predicted molar refractivity (Wildman–Crippen MR) is 181 cm³/mol. The number of aryl methyl sites for hydroxylation is 2. The van der Waals surface area contributed by atoms with Crippen LogP contribution in [0.15, 0.2) is 65.5 Å². The Morgan fingerprint density at radius 1 is 0.935 bits per heavy atom. The molecule has 1 aliphatic rings. The van der Waals surface area contributed by atoms with E-state index in [0.29, 0.717) is 47.7 Å². The van der Waals surface area contributed by atoms with Gasteiger partial charge in [-0.2, -0.15) is 5.10 Å². The molecular weight excluding hydrogens is 583 g/mol. The molecule has 3 aromatic carbocycles. The number of hydrogen-bond donors (Lipinski definition) is 1. The summed E-state index contributed by atoms with van der Waals surface area (Å²) in [6.45, 7) is 10.7. The van der Waals surface area contributed by atoms with Crippen LogP contribution in [0.2, 0.25) is 0 Å². The molecule has 1 N–H and O–H groups in total. The van der Waals surface area contributed by atoms with Crippen LogP contribution in [0.3, 0.4) is 0 Å². The highest BCUT2D eigenvalue weighted by Crippen LogP contribution is 2.38. The van der Waals surface area contributed by atoms with Crippen LogP contribution in [0.1, 0.15) is 25.1 Å². The van der Waals surface area contributed by atoms with E-state index in [1.807, 2.05) is 49.7 Å². The van der Waals surface area contributed by atoms with Gasteiger partial charge in [0.25, 0.3) is 5.56 Å². The van der Waals surface area contributed by atoms with E-state index in [1.165, 1.54) is 12.1 Å². The van der Waals surface area contributed by atoms with Crippen molar-refractivity contribution in [2.75, 3.05) is 44.8 Å². The average molecular weight is 621 g/mol. The molecule has 9 nitrogen and oxygen atoms in total. The third kappa shape index (κ3) is 5.12. The maximum atomic E-state index is 15.1. The lowest BCUT2D eigenvalue weighted by molar-refractivity contribution is 0.338. The Balaban J connectivity index is 1.57. The zero-order valence-corrected chi connectivity index (χ0v) is 26.6. The van der Waals surface area contributed by atoms with Gasteiger partial charge in [0, 0.05) is 60.8 Å². The lowest BCUT2D eigenvalue weighted by Gasteiger charge is -2.30. The summed E-state index contributed by atoms with van der Waals surface area (Å²) in [5.41, 5.74) is 5.05. The lowest BCUT2D eigenvalue weighted by atomic mass is 9.97. The second-order valence-electron chi connectivity index (χ2n) is 11.6. The minimum Gasteiger partial charge on any atom is -0.497 e. The van der Waals surface area contributed by atoms with Gasteiger partial charge in [-0.3, -0.25) is 4.79 Å². The van der Waals surface area contributed by atoms with E-state index in [1.54, 1.807) is 17.7 Å². The third-order valence-corrected chi connectivity index (χ3v) is 8.80. The van der Waals surface area contributed by atoms with Crippen LogP contribution >= 0.6 is 0 Å². The Bertz CT molecular complexity index is 2150. The minimum atomic E-state index is -0.462. The van der Waals surface area contributed by atoms with Crippen LogP contribution in [0.25, 0.3) is 44.0 Å². The number of benzene rings is 3. The molecule has 1 saturated heterocycles. The third-order valence-electron chi connectivity index (χ3n) is 8.80. The molecule has 0 unspecified atom stereocenters. The highest BCUT2D eigenvalue weighted by molar-refractivity contribution is 6.22. The van der Waals surface area contributed by atoms with Crippen LogP contribution in [0.5, 0.6) is 11.5 Å². The molecule has 236 valence electrons. The largest absolute Gasteiger partial charge is 0.497 e. The van der Waals surface area contributed by atoms with Crippen LogP contribution in [0.4, 0.5) is 10.1 Å². The fourth-order valence-corrected chi connectivity index (χ4v) is 6.66. The number of methoxy groups -OCH3 is 1. The Kier molecular flexibility index (Phi) is 7.82. The SMILES string of the molecule is CCOc1cc(F)cc(-c2nc3c(c(C)nn3Cc3ccc(OC)cc3)c3c2c(=O)n(CC)c2cc(N4CCNCC4)ccc32)c1. The van der Waals surface area contributed by atoms with Crippen molar-refractivity contribution in [2.45, 2.75) is 33.9 Å². The monoisotopic (exact) mass is 620 g/mol. The summed E-state index contributed by atoms with van der Waals surface area (Å²) < 4.78 is 29.8. The van der Waals surface area contributed by atoms with Gasteiger partial charge in [-0.25, -0.2) is 14.1 Å². The van der Waals surface area contributed by atoms with E-state index >= 15 is 4.39 Å². The number of nitrogens with zero attached hydrogens (tertiary/aromatic N) is 5. The maximum Gasteiger partial charge on any atom is 0.261 e. The van der Waals surface area contributed by atoms with Crippen molar-refractivity contribution in [3.8, 4) is 22.8 Å². The first kappa shape index (κ1) is 29.7. The first-order valence-corrected chi connectivity index (χ1v) is 15.8. The first-order valence-electron chi connectivity index (χ1n) is 15.8.